The van der Waals surface area contributed by atoms with Crippen LogP contribution >= 0.6 is 11.8 Å². The van der Waals surface area contributed by atoms with Crippen molar-refractivity contribution in [2.45, 2.75) is 32.4 Å². The minimum absolute atomic E-state index is 0.266. The fraction of sp³-hybridized carbons (Fsp3) is 0.667. The van der Waals surface area contributed by atoms with Crippen molar-refractivity contribution in [2.24, 2.45) is 4.99 Å². The molecule has 25 heavy (non-hydrogen) atoms. The molecule has 1 atom stereocenters. The number of anilines is 1. The van der Waals surface area contributed by atoms with Crippen molar-refractivity contribution in [2.75, 3.05) is 50.2 Å². The molecule has 1 saturated heterocycles. The minimum Gasteiger partial charge on any atom is -0.375 e. The standard InChI is InChI=1S/C18H31N5OS/c1-15-14-23(9-10-24-15)17-7-6-16(12-21-17)13-22-18(19-2)20-8-4-5-11-25-3/h6-7,12,15H,4-5,8-11,13-14H2,1-3H3,(H2,19,20,22). The summed E-state index contributed by atoms with van der Waals surface area (Å²) in [6, 6.07) is 4.22. The largest absolute Gasteiger partial charge is 0.375 e. The van der Waals surface area contributed by atoms with Gasteiger partial charge in [-0.2, -0.15) is 11.8 Å². The van der Waals surface area contributed by atoms with Gasteiger partial charge in [0.2, 0.25) is 0 Å². The fourth-order valence-corrected chi connectivity index (χ4v) is 3.21. The van der Waals surface area contributed by atoms with Crippen LogP contribution in [0, 0.1) is 0 Å². The molecule has 0 amide bonds. The number of hydrogen-bond donors (Lipinski definition) is 2. The molecule has 1 aliphatic heterocycles. The topological polar surface area (TPSA) is 61.8 Å². The molecule has 2 heterocycles. The summed E-state index contributed by atoms with van der Waals surface area (Å²) in [7, 11) is 1.80. The quantitative estimate of drug-likeness (QED) is 0.418. The first-order chi connectivity index (χ1) is 12.2. The zero-order chi connectivity index (χ0) is 17.9. The van der Waals surface area contributed by atoms with Gasteiger partial charge < -0.3 is 20.3 Å². The number of nitrogens with one attached hydrogen (secondary N) is 2. The Bertz CT molecular complexity index is 523. The molecule has 1 aromatic rings. The van der Waals surface area contributed by atoms with Gasteiger partial charge in [-0.05, 0) is 43.4 Å². The van der Waals surface area contributed by atoms with Crippen LogP contribution in [-0.2, 0) is 11.3 Å². The second kappa shape index (κ2) is 11.2. The molecule has 1 aromatic heterocycles. The monoisotopic (exact) mass is 365 g/mol. The molecule has 2 rings (SSSR count). The van der Waals surface area contributed by atoms with E-state index in [0.29, 0.717) is 0 Å². The van der Waals surface area contributed by atoms with Crippen LogP contribution in [0.25, 0.3) is 0 Å². The summed E-state index contributed by atoms with van der Waals surface area (Å²) in [5, 5.41) is 6.70. The lowest BCUT2D eigenvalue weighted by atomic mass is 10.2. The lowest BCUT2D eigenvalue weighted by Gasteiger charge is -2.32. The molecule has 140 valence electrons. The van der Waals surface area contributed by atoms with Crippen LogP contribution in [-0.4, -0.2) is 62.3 Å². The normalized spacial score (nSPS) is 18.3. The Balaban J connectivity index is 1.74. The number of thioether (sulfide) groups is 1. The summed E-state index contributed by atoms with van der Waals surface area (Å²) < 4.78 is 5.58. The molecule has 6 nitrogen and oxygen atoms in total. The van der Waals surface area contributed by atoms with Crippen molar-refractivity contribution in [3.63, 3.8) is 0 Å². The number of hydrogen-bond acceptors (Lipinski definition) is 5. The summed E-state index contributed by atoms with van der Waals surface area (Å²) in [6.45, 7) is 6.35. The zero-order valence-corrected chi connectivity index (χ0v) is 16.4. The third kappa shape index (κ3) is 7.12. The predicted octanol–water partition coefficient (Wildman–Crippen LogP) is 2.11. The lowest BCUT2D eigenvalue weighted by Crippen LogP contribution is -2.41. The van der Waals surface area contributed by atoms with Crippen LogP contribution in [0.3, 0.4) is 0 Å². The van der Waals surface area contributed by atoms with E-state index in [9.17, 15) is 0 Å². The summed E-state index contributed by atoms with van der Waals surface area (Å²) in [6.07, 6.45) is 6.75. The van der Waals surface area contributed by atoms with Gasteiger partial charge in [0.05, 0.1) is 12.7 Å². The Morgan fingerprint density at radius 2 is 2.28 bits per heavy atom. The van der Waals surface area contributed by atoms with Crippen LogP contribution in [0.15, 0.2) is 23.3 Å². The molecule has 0 bridgehead atoms. The van der Waals surface area contributed by atoms with Crippen LogP contribution in [0.1, 0.15) is 25.3 Å². The summed E-state index contributed by atoms with van der Waals surface area (Å²) in [5.74, 6) is 3.08. The number of nitrogens with zero attached hydrogens (tertiary/aromatic N) is 3. The maximum absolute atomic E-state index is 5.58. The number of guanidine groups is 1. The van der Waals surface area contributed by atoms with Crippen molar-refractivity contribution >= 4 is 23.5 Å². The Labute approximate surface area is 155 Å². The van der Waals surface area contributed by atoms with E-state index < -0.39 is 0 Å². The molecular weight excluding hydrogens is 334 g/mol. The average Bonchev–Trinajstić information content (AvgIpc) is 2.64. The van der Waals surface area contributed by atoms with E-state index >= 15 is 0 Å². The molecule has 0 radical (unpaired) electrons. The van der Waals surface area contributed by atoms with Crippen molar-refractivity contribution < 1.29 is 4.74 Å². The number of morpholine rings is 1. The SMILES string of the molecule is CN=C(NCCCCSC)NCc1ccc(N2CCOC(C)C2)nc1. The highest BCUT2D eigenvalue weighted by atomic mass is 32.2. The molecule has 0 aliphatic carbocycles. The van der Waals surface area contributed by atoms with E-state index in [0.717, 1.165) is 56.5 Å². The highest BCUT2D eigenvalue weighted by Crippen LogP contribution is 2.15. The van der Waals surface area contributed by atoms with Gasteiger partial charge in [-0.1, -0.05) is 6.07 Å². The number of aromatic nitrogens is 1. The number of ether oxygens (including phenoxy) is 1. The van der Waals surface area contributed by atoms with Gasteiger partial charge in [-0.15, -0.1) is 0 Å². The predicted molar refractivity (Wildman–Crippen MR) is 108 cm³/mol. The van der Waals surface area contributed by atoms with Crippen LogP contribution < -0.4 is 15.5 Å². The molecule has 7 heteroatoms. The molecular formula is C18H31N5OS. The summed E-state index contributed by atoms with van der Waals surface area (Å²) >= 11 is 1.89. The molecule has 1 aliphatic rings. The summed E-state index contributed by atoms with van der Waals surface area (Å²) in [4.78, 5) is 11.1. The van der Waals surface area contributed by atoms with Crippen molar-refractivity contribution in [1.82, 2.24) is 15.6 Å². The van der Waals surface area contributed by atoms with Crippen molar-refractivity contribution in [1.29, 1.82) is 0 Å². The number of pyridine rings is 1. The molecule has 0 aromatic carbocycles. The number of rotatable bonds is 8. The highest BCUT2D eigenvalue weighted by molar-refractivity contribution is 7.98. The van der Waals surface area contributed by atoms with Gasteiger partial charge in [0.15, 0.2) is 5.96 Å². The van der Waals surface area contributed by atoms with E-state index in [2.05, 4.69) is 50.8 Å². The molecule has 0 saturated carbocycles. The van der Waals surface area contributed by atoms with Gasteiger partial charge in [-0.25, -0.2) is 4.98 Å². The maximum Gasteiger partial charge on any atom is 0.191 e. The van der Waals surface area contributed by atoms with Crippen LogP contribution in [0.5, 0.6) is 0 Å². The third-order valence-electron chi connectivity index (χ3n) is 4.13. The highest BCUT2D eigenvalue weighted by Gasteiger charge is 2.17. The van der Waals surface area contributed by atoms with E-state index in [-0.39, 0.29) is 6.10 Å². The Hall–Kier alpha value is -1.47. The minimum atomic E-state index is 0.266. The molecule has 1 fully saturated rings. The lowest BCUT2D eigenvalue weighted by molar-refractivity contribution is 0.0529. The van der Waals surface area contributed by atoms with Crippen molar-refractivity contribution in [3.8, 4) is 0 Å². The smallest absolute Gasteiger partial charge is 0.191 e. The van der Waals surface area contributed by atoms with E-state index in [1.165, 1.54) is 12.2 Å². The zero-order valence-electron chi connectivity index (χ0n) is 15.6. The summed E-state index contributed by atoms with van der Waals surface area (Å²) in [5.41, 5.74) is 1.15. The average molecular weight is 366 g/mol. The number of unbranched alkanes of at least 4 members (excludes halogenated alkanes) is 1. The first kappa shape index (κ1) is 19.8. The molecule has 2 N–H and O–H groups in total. The Kier molecular flexibility index (Phi) is 8.90. The van der Waals surface area contributed by atoms with Gasteiger partial charge in [-0.3, -0.25) is 4.99 Å². The Morgan fingerprint density at radius 3 is 2.96 bits per heavy atom. The van der Waals surface area contributed by atoms with Gasteiger partial charge >= 0.3 is 0 Å². The Morgan fingerprint density at radius 1 is 1.40 bits per heavy atom. The first-order valence-corrected chi connectivity index (χ1v) is 10.4. The fourth-order valence-electron chi connectivity index (χ4n) is 2.72. The first-order valence-electron chi connectivity index (χ1n) is 8.98. The van der Waals surface area contributed by atoms with Gasteiger partial charge in [0, 0.05) is 39.4 Å². The van der Waals surface area contributed by atoms with E-state index in [1.54, 1.807) is 7.05 Å². The second-order valence-electron chi connectivity index (χ2n) is 6.20. The third-order valence-corrected chi connectivity index (χ3v) is 4.82. The maximum atomic E-state index is 5.58. The van der Waals surface area contributed by atoms with Crippen LogP contribution in [0.2, 0.25) is 0 Å². The van der Waals surface area contributed by atoms with Gasteiger partial charge in [0.1, 0.15) is 5.82 Å². The second-order valence-corrected chi connectivity index (χ2v) is 7.19. The molecule has 1 unspecified atom stereocenters. The molecule has 0 spiro atoms. The van der Waals surface area contributed by atoms with Gasteiger partial charge in [0.25, 0.3) is 0 Å². The van der Waals surface area contributed by atoms with Crippen LogP contribution in [0.4, 0.5) is 5.82 Å². The number of aliphatic imine (C=N–C) groups is 1. The van der Waals surface area contributed by atoms with E-state index in [1.807, 2.05) is 18.0 Å². The van der Waals surface area contributed by atoms with E-state index in [4.69, 9.17) is 4.74 Å². The van der Waals surface area contributed by atoms with Crippen molar-refractivity contribution in [3.05, 3.63) is 23.9 Å².